The number of ether oxygens (including phenoxy) is 4. The van der Waals surface area contributed by atoms with E-state index in [0.29, 0.717) is 28.9 Å². The minimum atomic E-state index is -1.85. The van der Waals surface area contributed by atoms with Crippen LogP contribution in [-0.2, 0) is 24.1 Å². The van der Waals surface area contributed by atoms with E-state index in [1.165, 1.54) is 10.8 Å². The number of nitriles is 1. The van der Waals surface area contributed by atoms with E-state index in [1.54, 1.807) is 33.7 Å². The fourth-order valence-corrected chi connectivity index (χ4v) is 8.77. The molecule has 0 saturated carbocycles. The molecule has 0 radical (unpaired) electrons. The molecule has 2 unspecified atom stereocenters. The van der Waals surface area contributed by atoms with E-state index in [0.717, 1.165) is 16.7 Å². The van der Waals surface area contributed by atoms with Gasteiger partial charge in [0.15, 0.2) is 0 Å². The summed E-state index contributed by atoms with van der Waals surface area (Å²) in [6, 6.07) is 27.6. The number of H-pyrrole nitrogens is 2. The second-order valence-electron chi connectivity index (χ2n) is 14.5. The van der Waals surface area contributed by atoms with Crippen LogP contribution in [0, 0.1) is 24.2 Å². The van der Waals surface area contributed by atoms with E-state index in [1.807, 2.05) is 85.8 Å². The monoisotopic (exact) mass is 781 g/mol. The summed E-state index contributed by atoms with van der Waals surface area (Å²) in [4.78, 5) is 35.4. The summed E-state index contributed by atoms with van der Waals surface area (Å²) < 4.78 is 40.0. The SMILES string of the molecule is COc1ccc(C(OC[C@H]2O[C@@H](n3cc(C)c(=O)[nH]c3=O)C[C@@H]2OP(OC(C)(CC#N)CC(C)C)c2cnc[nH]2)(c2ccccc2)c2ccc(OC)cc2)cc1. The molecular weight excluding hydrogens is 733 g/mol. The molecule has 3 heterocycles. The van der Waals surface area contributed by atoms with Crippen LogP contribution >= 0.6 is 8.38 Å². The highest BCUT2D eigenvalue weighted by atomic mass is 31.2. The van der Waals surface area contributed by atoms with Crippen LogP contribution < -0.4 is 26.2 Å². The van der Waals surface area contributed by atoms with Crippen LogP contribution in [0.5, 0.6) is 11.5 Å². The first-order valence-electron chi connectivity index (χ1n) is 18.5. The number of hydrogen-bond donors (Lipinski definition) is 2. The molecule has 5 aromatic rings. The maximum absolute atomic E-state index is 13.2. The van der Waals surface area contributed by atoms with Crippen LogP contribution in [0.2, 0.25) is 0 Å². The van der Waals surface area contributed by atoms with Crippen molar-refractivity contribution < 1.29 is 28.0 Å². The Balaban J connectivity index is 1.44. The van der Waals surface area contributed by atoms with Gasteiger partial charge < -0.3 is 33.0 Å². The maximum Gasteiger partial charge on any atom is 0.330 e. The summed E-state index contributed by atoms with van der Waals surface area (Å²) in [7, 11) is 1.39. The second kappa shape index (κ2) is 17.8. The Morgan fingerprint density at radius 3 is 2.16 bits per heavy atom. The lowest BCUT2D eigenvalue weighted by molar-refractivity contribution is -0.0923. The molecule has 56 heavy (non-hydrogen) atoms. The van der Waals surface area contributed by atoms with E-state index < -0.39 is 49.3 Å². The third kappa shape index (κ3) is 8.96. The van der Waals surface area contributed by atoms with Crippen molar-refractivity contribution in [2.75, 3.05) is 20.8 Å². The van der Waals surface area contributed by atoms with Gasteiger partial charge in [-0.15, -0.1) is 0 Å². The predicted octanol–water partition coefficient (Wildman–Crippen LogP) is 6.64. The van der Waals surface area contributed by atoms with Crippen LogP contribution in [0.25, 0.3) is 0 Å². The molecule has 2 aromatic heterocycles. The van der Waals surface area contributed by atoms with Crippen molar-refractivity contribution in [2.45, 2.75) is 76.6 Å². The summed E-state index contributed by atoms with van der Waals surface area (Å²) in [6.45, 7) is 7.71. The summed E-state index contributed by atoms with van der Waals surface area (Å²) in [5, 5.41) is 9.81. The number of aryl methyl sites for hydroxylation is 1. The van der Waals surface area contributed by atoms with Crippen molar-refractivity contribution in [2.24, 2.45) is 5.92 Å². The molecule has 1 aliphatic rings. The molecule has 1 aliphatic heterocycles. The standard InChI is InChI=1S/C42H48N5O8P/c1-28(2)23-41(4,20-21-43)55-56(37-24-44-27-45-37)54-35-22-38(47-25-29(3)39(48)46-40(47)49)53-36(35)26-52-42(30-10-8-7-9-11-30,31-12-16-33(50-5)17-13-31)32-14-18-34(51-6)19-15-32/h7-19,24-25,27-28,35-36,38H,20,22-23,26H2,1-6H3,(H,44,45)(H,46,48,49)/t35-,36+,38+,41?,56?/m0/s1. The number of nitrogens with one attached hydrogen (secondary N) is 2. The number of imidazole rings is 1. The Kier molecular flexibility index (Phi) is 12.9. The van der Waals surface area contributed by atoms with Crippen LogP contribution in [-0.4, -0.2) is 58.2 Å². The van der Waals surface area contributed by atoms with Crippen LogP contribution in [0.3, 0.4) is 0 Å². The number of aromatic amines is 2. The van der Waals surface area contributed by atoms with E-state index in [-0.39, 0.29) is 25.4 Å². The van der Waals surface area contributed by atoms with Crippen LogP contribution in [0.4, 0.5) is 0 Å². The Bertz CT molecular complexity index is 2140. The van der Waals surface area contributed by atoms with Crippen LogP contribution in [0.15, 0.2) is 107 Å². The summed E-state index contributed by atoms with van der Waals surface area (Å²) >= 11 is 0. The van der Waals surface area contributed by atoms with Gasteiger partial charge in [0.25, 0.3) is 5.56 Å². The minimum absolute atomic E-state index is 0.00118. The zero-order valence-electron chi connectivity index (χ0n) is 32.4. The highest BCUT2D eigenvalue weighted by Crippen LogP contribution is 2.49. The first-order valence-corrected chi connectivity index (χ1v) is 19.6. The quantitative estimate of drug-likeness (QED) is 0.0773. The lowest BCUT2D eigenvalue weighted by atomic mass is 9.80. The van der Waals surface area contributed by atoms with Gasteiger partial charge in [-0.3, -0.25) is 14.3 Å². The van der Waals surface area contributed by atoms with E-state index in [2.05, 4.69) is 34.9 Å². The van der Waals surface area contributed by atoms with Crippen LogP contribution in [0.1, 0.15) is 68.5 Å². The molecule has 0 spiro atoms. The average molecular weight is 782 g/mol. The third-order valence-electron chi connectivity index (χ3n) is 9.78. The van der Waals surface area contributed by atoms with Crippen molar-refractivity contribution >= 4 is 13.8 Å². The number of benzene rings is 3. The highest BCUT2D eigenvalue weighted by Gasteiger charge is 2.45. The normalized spacial score (nSPS) is 18.6. The second-order valence-corrected chi connectivity index (χ2v) is 15.9. The number of rotatable bonds is 17. The maximum atomic E-state index is 13.2. The fraction of sp³-hybridized carbons (Fsp3) is 0.381. The lowest BCUT2D eigenvalue weighted by Gasteiger charge is -2.38. The predicted molar refractivity (Wildman–Crippen MR) is 212 cm³/mol. The number of methoxy groups -OCH3 is 2. The van der Waals surface area contributed by atoms with Gasteiger partial charge in [-0.1, -0.05) is 68.4 Å². The van der Waals surface area contributed by atoms with Crippen molar-refractivity contribution in [3.8, 4) is 17.6 Å². The number of hydrogen-bond acceptors (Lipinski definition) is 10. The lowest BCUT2D eigenvalue weighted by Crippen LogP contribution is -2.39. The molecule has 6 rings (SSSR count). The van der Waals surface area contributed by atoms with Gasteiger partial charge in [0.1, 0.15) is 34.9 Å². The number of nitrogens with zero attached hydrogens (tertiary/aromatic N) is 3. The molecule has 3 aromatic carbocycles. The summed E-state index contributed by atoms with van der Waals surface area (Å²) in [6.07, 6.45) is 3.43. The van der Waals surface area contributed by atoms with Gasteiger partial charge in [-0.05, 0) is 67.1 Å². The van der Waals surface area contributed by atoms with Crippen molar-refractivity contribution in [1.29, 1.82) is 5.26 Å². The van der Waals surface area contributed by atoms with Gasteiger partial charge in [0.2, 0.25) is 8.38 Å². The first-order chi connectivity index (χ1) is 27.0. The highest BCUT2D eigenvalue weighted by molar-refractivity contribution is 7.55. The Labute approximate surface area is 327 Å². The summed E-state index contributed by atoms with van der Waals surface area (Å²) in [5.41, 5.74) is 0.427. The van der Waals surface area contributed by atoms with Gasteiger partial charge in [-0.25, -0.2) is 9.78 Å². The molecule has 0 amide bonds. The molecule has 1 saturated heterocycles. The molecule has 1 fully saturated rings. The zero-order chi connectivity index (χ0) is 39.9. The third-order valence-corrected chi connectivity index (χ3v) is 11.5. The van der Waals surface area contributed by atoms with Crippen molar-refractivity contribution in [1.82, 2.24) is 19.5 Å². The summed E-state index contributed by atoms with van der Waals surface area (Å²) in [5.74, 6) is 1.62. The van der Waals surface area contributed by atoms with Gasteiger partial charge in [-0.2, -0.15) is 5.26 Å². The molecular formula is C42H48N5O8P. The largest absolute Gasteiger partial charge is 0.497 e. The zero-order valence-corrected chi connectivity index (χ0v) is 33.3. The fourth-order valence-electron chi connectivity index (χ4n) is 7.19. The van der Waals surface area contributed by atoms with Gasteiger partial charge in [0.05, 0.1) is 57.5 Å². The molecule has 13 nitrogen and oxygen atoms in total. The smallest absolute Gasteiger partial charge is 0.330 e. The van der Waals surface area contributed by atoms with E-state index in [9.17, 15) is 14.9 Å². The molecule has 2 N–H and O–H groups in total. The Hall–Kier alpha value is -5.09. The van der Waals surface area contributed by atoms with Gasteiger partial charge in [0, 0.05) is 18.2 Å². The first kappa shape index (κ1) is 40.6. The van der Waals surface area contributed by atoms with Gasteiger partial charge >= 0.3 is 5.69 Å². The van der Waals surface area contributed by atoms with E-state index in [4.69, 9.17) is 28.0 Å². The molecule has 5 atom stereocenters. The Morgan fingerprint density at radius 2 is 1.61 bits per heavy atom. The molecule has 0 bridgehead atoms. The van der Waals surface area contributed by atoms with E-state index >= 15 is 0 Å². The number of aromatic nitrogens is 4. The van der Waals surface area contributed by atoms with Crippen molar-refractivity contribution in [3.63, 3.8) is 0 Å². The van der Waals surface area contributed by atoms with Crippen molar-refractivity contribution in [3.05, 3.63) is 141 Å². The molecule has 294 valence electrons. The Morgan fingerprint density at radius 1 is 0.982 bits per heavy atom. The minimum Gasteiger partial charge on any atom is -0.497 e. The average Bonchev–Trinajstić information content (AvgIpc) is 3.88. The molecule has 0 aliphatic carbocycles. The topological polar surface area (TPSA) is 163 Å². The molecule has 14 heteroatoms.